The van der Waals surface area contributed by atoms with Crippen molar-refractivity contribution >= 4 is 5.91 Å². The standard InChI is InChI=1S/C16H21N5O3/c22-11-4-5-12(13(23)10-11)14-18-15(20-19-14)16(24)17-6-9-21-7-2-1-3-8-21/h4-5,10,22-23H,1-3,6-9H2,(H,17,24)(H,18,19,20). The highest BCUT2D eigenvalue weighted by atomic mass is 16.3. The third kappa shape index (κ3) is 3.83. The summed E-state index contributed by atoms with van der Waals surface area (Å²) in [5, 5.41) is 29.6. The number of nitrogens with zero attached hydrogens (tertiary/aromatic N) is 3. The molecule has 1 saturated heterocycles. The minimum absolute atomic E-state index is 0.0496. The van der Waals surface area contributed by atoms with Crippen LogP contribution >= 0.6 is 0 Å². The SMILES string of the molecule is O=C(NCCN1CCCCC1)c1nnc(-c2ccc(O)cc2O)[nH]1. The Hall–Kier alpha value is -2.61. The van der Waals surface area contributed by atoms with E-state index in [-0.39, 0.29) is 29.1 Å². The lowest BCUT2D eigenvalue weighted by Crippen LogP contribution is -2.37. The monoisotopic (exact) mass is 331 g/mol. The van der Waals surface area contributed by atoms with Crippen molar-refractivity contribution in [2.45, 2.75) is 19.3 Å². The number of aromatic nitrogens is 3. The van der Waals surface area contributed by atoms with Gasteiger partial charge in [-0.15, -0.1) is 10.2 Å². The quantitative estimate of drug-likeness (QED) is 0.652. The topological polar surface area (TPSA) is 114 Å². The molecule has 0 spiro atoms. The normalized spacial score (nSPS) is 15.3. The fourth-order valence-corrected chi connectivity index (χ4v) is 2.80. The average Bonchev–Trinajstić information content (AvgIpc) is 3.05. The highest BCUT2D eigenvalue weighted by Crippen LogP contribution is 2.29. The molecule has 2 heterocycles. The molecule has 128 valence electrons. The van der Waals surface area contributed by atoms with Crippen molar-refractivity contribution in [3.8, 4) is 22.9 Å². The fourth-order valence-electron chi connectivity index (χ4n) is 2.80. The minimum Gasteiger partial charge on any atom is -0.508 e. The molecule has 1 aromatic carbocycles. The van der Waals surface area contributed by atoms with E-state index in [2.05, 4.69) is 25.4 Å². The van der Waals surface area contributed by atoms with Crippen LogP contribution in [0.3, 0.4) is 0 Å². The summed E-state index contributed by atoms with van der Waals surface area (Å²) in [6.45, 7) is 3.55. The second-order valence-electron chi connectivity index (χ2n) is 5.88. The van der Waals surface area contributed by atoms with Crippen molar-refractivity contribution in [2.24, 2.45) is 0 Å². The Bertz CT molecular complexity index is 709. The van der Waals surface area contributed by atoms with Gasteiger partial charge in [0.2, 0.25) is 5.82 Å². The summed E-state index contributed by atoms with van der Waals surface area (Å²) in [5.74, 6) is -0.150. The molecule has 2 aromatic rings. The third-order valence-electron chi connectivity index (χ3n) is 4.10. The summed E-state index contributed by atoms with van der Waals surface area (Å²) in [5.41, 5.74) is 0.368. The highest BCUT2D eigenvalue weighted by Gasteiger charge is 2.16. The smallest absolute Gasteiger partial charge is 0.289 e. The number of rotatable bonds is 5. The number of phenols is 2. The maximum atomic E-state index is 12.1. The number of aromatic amines is 1. The number of benzene rings is 1. The Morgan fingerprint density at radius 2 is 2.00 bits per heavy atom. The molecule has 0 bridgehead atoms. The number of phenolic OH excluding ortho intramolecular Hbond substituents is 2. The van der Waals surface area contributed by atoms with Gasteiger partial charge in [0.1, 0.15) is 11.5 Å². The molecule has 0 atom stereocenters. The molecule has 0 aliphatic carbocycles. The summed E-state index contributed by atoms with van der Waals surface area (Å²) < 4.78 is 0. The van der Waals surface area contributed by atoms with Crippen LogP contribution in [-0.2, 0) is 0 Å². The number of amides is 1. The van der Waals surface area contributed by atoms with E-state index >= 15 is 0 Å². The van der Waals surface area contributed by atoms with Gasteiger partial charge >= 0.3 is 0 Å². The van der Waals surface area contributed by atoms with Gasteiger partial charge in [-0.25, -0.2) is 0 Å². The number of aromatic hydroxyl groups is 2. The first-order valence-corrected chi connectivity index (χ1v) is 8.09. The van der Waals surface area contributed by atoms with Crippen LogP contribution in [0.2, 0.25) is 0 Å². The van der Waals surface area contributed by atoms with E-state index in [1.165, 1.54) is 37.5 Å². The summed E-state index contributed by atoms with van der Waals surface area (Å²) in [7, 11) is 0. The second kappa shape index (κ2) is 7.31. The van der Waals surface area contributed by atoms with E-state index in [4.69, 9.17) is 0 Å². The van der Waals surface area contributed by atoms with Gasteiger partial charge < -0.3 is 25.4 Å². The largest absolute Gasteiger partial charge is 0.508 e. The van der Waals surface area contributed by atoms with Crippen LogP contribution in [0.5, 0.6) is 11.5 Å². The van der Waals surface area contributed by atoms with E-state index in [9.17, 15) is 15.0 Å². The number of hydrogen-bond donors (Lipinski definition) is 4. The van der Waals surface area contributed by atoms with E-state index < -0.39 is 0 Å². The first kappa shape index (κ1) is 16.3. The van der Waals surface area contributed by atoms with Gasteiger partial charge in [-0.05, 0) is 38.1 Å². The molecular weight excluding hydrogens is 310 g/mol. The Kier molecular flexibility index (Phi) is 4.95. The molecule has 0 unspecified atom stereocenters. The minimum atomic E-state index is -0.330. The van der Waals surface area contributed by atoms with Crippen molar-refractivity contribution in [2.75, 3.05) is 26.2 Å². The first-order chi connectivity index (χ1) is 11.6. The van der Waals surface area contributed by atoms with Gasteiger partial charge in [-0.2, -0.15) is 0 Å². The lowest BCUT2D eigenvalue weighted by molar-refractivity contribution is 0.0936. The molecule has 1 aliphatic heterocycles. The van der Waals surface area contributed by atoms with Crippen LogP contribution in [-0.4, -0.2) is 62.4 Å². The summed E-state index contributed by atoms with van der Waals surface area (Å²) in [6, 6.07) is 4.13. The van der Waals surface area contributed by atoms with E-state index in [0.29, 0.717) is 12.1 Å². The molecule has 1 aromatic heterocycles. The maximum absolute atomic E-state index is 12.1. The second-order valence-corrected chi connectivity index (χ2v) is 5.88. The van der Waals surface area contributed by atoms with Crippen LogP contribution in [0.15, 0.2) is 18.2 Å². The molecule has 4 N–H and O–H groups in total. The Morgan fingerprint density at radius 1 is 1.21 bits per heavy atom. The van der Waals surface area contributed by atoms with Crippen LogP contribution in [0.4, 0.5) is 0 Å². The zero-order chi connectivity index (χ0) is 16.9. The molecule has 0 saturated carbocycles. The fraction of sp³-hybridized carbons (Fsp3) is 0.438. The van der Waals surface area contributed by atoms with Crippen LogP contribution < -0.4 is 5.32 Å². The lowest BCUT2D eigenvalue weighted by atomic mass is 10.1. The van der Waals surface area contributed by atoms with E-state index in [1.54, 1.807) is 0 Å². The van der Waals surface area contributed by atoms with Crippen LogP contribution in [0, 0.1) is 0 Å². The maximum Gasteiger partial charge on any atom is 0.289 e. The van der Waals surface area contributed by atoms with Gasteiger partial charge in [0.05, 0.1) is 5.56 Å². The van der Waals surface area contributed by atoms with Gasteiger partial charge in [0, 0.05) is 19.2 Å². The zero-order valence-corrected chi connectivity index (χ0v) is 13.3. The predicted molar refractivity (Wildman–Crippen MR) is 87.8 cm³/mol. The van der Waals surface area contributed by atoms with E-state index in [1.807, 2.05) is 0 Å². The van der Waals surface area contributed by atoms with Gasteiger partial charge in [0.15, 0.2) is 5.82 Å². The van der Waals surface area contributed by atoms with Crippen LogP contribution in [0.1, 0.15) is 29.9 Å². The highest BCUT2D eigenvalue weighted by molar-refractivity contribution is 5.90. The van der Waals surface area contributed by atoms with Crippen molar-refractivity contribution in [1.29, 1.82) is 0 Å². The molecule has 1 amide bonds. The Labute approximate surface area is 139 Å². The zero-order valence-electron chi connectivity index (χ0n) is 13.3. The summed E-state index contributed by atoms with van der Waals surface area (Å²) >= 11 is 0. The predicted octanol–water partition coefficient (Wildman–Crippen LogP) is 1.10. The number of piperidine rings is 1. The third-order valence-corrected chi connectivity index (χ3v) is 4.10. The molecular formula is C16H21N5O3. The number of likely N-dealkylation sites (tertiary alicyclic amines) is 1. The molecule has 3 rings (SSSR count). The van der Waals surface area contributed by atoms with Crippen molar-refractivity contribution < 1.29 is 15.0 Å². The number of carbonyl (C=O) groups is 1. The Balaban J connectivity index is 1.57. The molecule has 1 aliphatic rings. The summed E-state index contributed by atoms with van der Waals surface area (Å²) in [6.07, 6.45) is 3.72. The molecule has 0 radical (unpaired) electrons. The average molecular weight is 331 g/mol. The molecule has 24 heavy (non-hydrogen) atoms. The van der Waals surface area contributed by atoms with Gasteiger partial charge in [-0.3, -0.25) is 4.79 Å². The van der Waals surface area contributed by atoms with Crippen LogP contribution in [0.25, 0.3) is 11.4 Å². The molecule has 8 heteroatoms. The number of H-pyrrole nitrogens is 1. The van der Waals surface area contributed by atoms with Crippen molar-refractivity contribution in [3.05, 3.63) is 24.0 Å². The number of hydrogen-bond acceptors (Lipinski definition) is 6. The molecule has 1 fully saturated rings. The Morgan fingerprint density at radius 3 is 2.75 bits per heavy atom. The lowest BCUT2D eigenvalue weighted by Gasteiger charge is -2.26. The number of carbonyl (C=O) groups excluding carboxylic acids is 1. The van der Waals surface area contributed by atoms with Crippen molar-refractivity contribution in [1.82, 2.24) is 25.4 Å². The van der Waals surface area contributed by atoms with E-state index in [0.717, 1.165) is 19.6 Å². The van der Waals surface area contributed by atoms with Gasteiger partial charge in [0.25, 0.3) is 5.91 Å². The first-order valence-electron chi connectivity index (χ1n) is 8.09. The summed E-state index contributed by atoms with van der Waals surface area (Å²) in [4.78, 5) is 17.2. The van der Waals surface area contributed by atoms with Gasteiger partial charge in [-0.1, -0.05) is 6.42 Å². The van der Waals surface area contributed by atoms with Crippen molar-refractivity contribution in [3.63, 3.8) is 0 Å². The number of nitrogens with one attached hydrogen (secondary N) is 2. The molecule has 8 nitrogen and oxygen atoms in total.